The summed E-state index contributed by atoms with van der Waals surface area (Å²) in [5.41, 5.74) is -0.931. The van der Waals surface area contributed by atoms with E-state index in [0.717, 1.165) is 0 Å². The van der Waals surface area contributed by atoms with Crippen molar-refractivity contribution in [2.75, 3.05) is 40.0 Å². The van der Waals surface area contributed by atoms with Crippen LogP contribution in [0.25, 0.3) is 0 Å². The standard InChI is InChI=1S/C10H20F3NO3/c1-9(15,3-5-16-2)7-14-4-6-17-8-10(11,12)13/h14-15H,3-8H2,1-2H3. The van der Waals surface area contributed by atoms with Crippen LogP contribution >= 0.6 is 0 Å². The molecule has 0 aromatic rings. The van der Waals surface area contributed by atoms with Crippen molar-refractivity contribution in [2.24, 2.45) is 0 Å². The predicted octanol–water partition coefficient (Wildman–Crippen LogP) is 0.942. The molecule has 1 unspecified atom stereocenters. The third kappa shape index (κ3) is 11.9. The Kier molecular flexibility index (Phi) is 7.69. The van der Waals surface area contributed by atoms with Crippen molar-refractivity contribution < 1.29 is 27.8 Å². The molecule has 0 aliphatic heterocycles. The lowest BCUT2D eigenvalue weighted by Gasteiger charge is -2.23. The Balaban J connectivity index is 3.44. The van der Waals surface area contributed by atoms with Gasteiger partial charge < -0.3 is 19.9 Å². The van der Waals surface area contributed by atoms with Gasteiger partial charge in [-0.3, -0.25) is 0 Å². The summed E-state index contributed by atoms with van der Waals surface area (Å²) in [6.45, 7) is 1.33. The van der Waals surface area contributed by atoms with Gasteiger partial charge in [-0.1, -0.05) is 0 Å². The molecule has 0 saturated heterocycles. The molecule has 4 nitrogen and oxygen atoms in total. The Labute approximate surface area is 99.1 Å². The van der Waals surface area contributed by atoms with E-state index in [1.165, 1.54) is 7.11 Å². The van der Waals surface area contributed by atoms with Gasteiger partial charge in [-0.15, -0.1) is 0 Å². The van der Waals surface area contributed by atoms with E-state index in [0.29, 0.717) is 13.0 Å². The van der Waals surface area contributed by atoms with Gasteiger partial charge in [0.25, 0.3) is 0 Å². The van der Waals surface area contributed by atoms with E-state index in [2.05, 4.69) is 10.1 Å². The van der Waals surface area contributed by atoms with E-state index < -0.39 is 18.4 Å². The SMILES string of the molecule is COCCC(C)(O)CNCCOCC(F)(F)F. The van der Waals surface area contributed by atoms with Crippen molar-refractivity contribution in [3.8, 4) is 0 Å². The van der Waals surface area contributed by atoms with Gasteiger partial charge in [0.15, 0.2) is 0 Å². The van der Waals surface area contributed by atoms with Gasteiger partial charge in [0, 0.05) is 33.2 Å². The van der Waals surface area contributed by atoms with Crippen LogP contribution in [0.5, 0.6) is 0 Å². The minimum absolute atomic E-state index is 0.0418. The predicted molar refractivity (Wildman–Crippen MR) is 56.9 cm³/mol. The van der Waals surface area contributed by atoms with Gasteiger partial charge in [-0.05, 0) is 6.92 Å². The second-order valence-corrected chi connectivity index (χ2v) is 4.08. The van der Waals surface area contributed by atoms with Crippen LogP contribution < -0.4 is 5.32 Å². The molecule has 0 aromatic carbocycles. The zero-order valence-corrected chi connectivity index (χ0v) is 10.1. The van der Waals surface area contributed by atoms with Gasteiger partial charge in [0.1, 0.15) is 6.61 Å². The van der Waals surface area contributed by atoms with Crippen molar-refractivity contribution in [3.63, 3.8) is 0 Å². The highest BCUT2D eigenvalue weighted by Gasteiger charge is 2.27. The number of ether oxygens (including phenoxy) is 2. The smallest absolute Gasteiger partial charge is 0.389 e. The molecule has 0 aliphatic carbocycles. The molecule has 1 atom stereocenters. The highest BCUT2D eigenvalue weighted by Crippen LogP contribution is 2.14. The molecule has 0 rings (SSSR count). The minimum atomic E-state index is -4.29. The molecule has 2 N–H and O–H groups in total. The van der Waals surface area contributed by atoms with E-state index in [-0.39, 0.29) is 19.7 Å². The molecule has 0 amide bonds. The molecule has 0 radical (unpaired) electrons. The van der Waals surface area contributed by atoms with Crippen LogP contribution in [-0.2, 0) is 9.47 Å². The average molecular weight is 259 g/mol. The number of nitrogens with one attached hydrogen (secondary N) is 1. The van der Waals surface area contributed by atoms with Crippen LogP contribution in [-0.4, -0.2) is 56.9 Å². The summed E-state index contributed by atoms with van der Waals surface area (Å²) in [5.74, 6) is 0. The largest absolute Gasteiger partial charge is 0.411 e. The van der Waals surface area contributed by atoms with Crippen molar-refractivity contribution in [3.05, 3.63) is 0 Å². The minimum Gasteiger partial charge on any atom is -0.389 e. The summed E-state index contributed by atoms with van der Waals surface area (Å²) in [6, 6.07) is 0. The fourth-order valence-electron chi connectivity index (χ4n) is 1.10. The van der Waals surface area contributed by atoms with E-state index >= 15 is 0 Å². The average Bonchev–Trinajstić information content (AvgIpc) is 2.19. The van der Waals surface area contributed by atoms with Crippen LogP contribution in [0.1, 0.15) is 13.3 Å². The summed E-state index contributed by atoms with van der Waals surface area (Å²) < 4.78 is 44.3. The molecule has 0 aliphatic rings. The number of alkyl halides is 3. The normalized spacial score (nSPS) is 15.9. The van der Waals surface area contributed by atoms with Crippen molar-refractivity contribution in [1.29, 1.82) is 0 Å². The van der Waals surface area contributed by atoms with E-state index in [9.17, 15) is 18.3 Å². The summed E-state index contributed by atoms with van der Waals surface area (Å²) in [6.07, 6.45) is -3.83. The first-order valence-electron chi connectivity index (χ1n) is 5.33. The lowest BCUT2D eigenvalue weighted by atomic mass is 10.0. The third-order valence-electron chi connectivity index (χ3n) is 2.04. The lowest BCUT2D eigenvalue weighted by Crippen LogP contribution is -2.40. The van der Waals surface area contributed by atoms with Crippen molar-refractivity contribution in [1.82, 2.24) is 5.32 Å². The fourth-order valence-corrected chi connectivity index (χ4v) is 1.10. The number of aliphatic hydroxyl groups is 1. The molecule has 0 heterocycles. The van der Waals surface area contributed by atoms with E-state index in [1.54, 1.807) is 6.92 Å². The molecule has 0 spiro atoms. The maximum absolute atomic E-state index is 11.7. The van der Waals surface area contributed by atoms with Gasteiger partial charge in [-0.25, -0.2) is 0 Å². The maximum atomic E-state index is 11.7. The summed E-state index contributed by atoms with van der Waals surface area (Å²) >= 11 is 0. The maximum Gasteiger partial charge on any atom is 0.411 e. The Morgan fingerprint density at radius 3 is 2.41 bits per heavy atom. The van der Waals surface area contributed by atoms with Crippen LogP contribution in [0.4, 0.5) is 13.2 Å². The number of rotatable bonds is 9. The van der Waals surface area contributed by atoms with Gasteiger partial charge in [-0.2, -0.15) is 13.2 Å². The summed E-state index contributed by atoms with van der Waals surface area (Å²) in [5, 5.41) is 12.6. The first kappa shape index (κ1) is 16.6. The number of hydrogen-bond acceptors (Lipinski definition) is 4. The highest BCUT2D eigenvalue weighted by atomic mass is 19.4. The molecule has 0 aromatic heterocycles. The molecule has 0 fully saturated rings. The van der Waals surface area contributed by atoms with Crippen molar-refractivity contribution in [2.45, 2.75) is 25.1 Å². The first-order chi connectivity index (χ1) is 7.77. The molecule has 0 saturated carbocycles. The quantitative estimate of drug-likeness (QED) is 0.605. The molecular formula is C10H20F3NO3. The van der Waals surface area contributed by atoms with E-state index in [4.69, 9.17) is 4.74 Å². The Hall–Kier alpha value is -0.370. The molecule has 0 bridgehead atoms. The fraction of sp³-hybridized carbons (Fsp3) is 1.00. The molecule has 104 valence electrons. The summed E-state index contributed by atoms with van der Waals surface area (Å²) in [7, 11) is 1.54. The molecule has 7 heteroatoms. The van der Waals surface area contributed by atoms with Crippen LogP contribution in [0.2, 0.25) is 0 Å². The van der Waals surface area contributed by atoms with Crippen LogP contribution in [0.15, 0.2) is 0 Å². The van der Waals surface area contributed by atoms with Crippen LogP contribution in [0.3, 0.4) is 0 Å². The summed E-state index contributed by atoms with van der Waals surface area (Å²) in [4.78, 5) is 0. The second kappa shape index (κ2) is 7.86. The number of methoxy groups -OCH3 is 1. The number of hydrogen-bond donors (Lipinski definition) is 2. The van der Waals surface area contributed by atoms with Crippen LogP contribution in [0, 0.1) is 0 Å². The monoisotopic (exact) mass is 259 g/mol. The first-order valence-corrected chi connectivity index (χ1v) is 5.33. The Morgan fingerprint density at radius 2 is 1.88 bits per heavy atom. The van der Waals surface area contributed by atoms with Gasteiger partial charge >= 0.3 is 6.18 Å². The zero-order chi connectivity index (χ0) is 13.4. The third-order valence-corrected chi connectivity index (χ3v) is 2.04. The van der Waals surface area contributed by atoms with Gasteiger partial charge in [0.2, 0.25) is 0 Å². The Bertz CT molecular complexity index is 198. The van der Waals surface area contributed by atoms with Crippen molar-refractivity contribution >= 4 is 0 Å². The molecular weight excluding hydrogens is 239 g/mol. The second-order valence-electron chi connectivity index (χ2n) is 4.08. The molecule has 17 heavy (non-hydrogen) atoms. The Morgan fingerprint density at radius 1 is 1.24 bits per heavy atom. The topological polar surface area (TPSA) is 50.7 Å². The highest BCUT2D eigenvalue weighted by molar-refractivity contribution is 4.74. The lowest BCUT2D eigenvalue weighted by molar-refractivity contribution is -0.173. The zero-order valence-electron chi connectivity index (χ0n) is 10.1. The number of halogens is 3. The van der Waals surface area contributed by atoms with Gasteiger partial charge in [0.05, 0.1) is 12.2 Å². The van der Waals surface area contributed by atoms with E-state index in [1.807, 2.05) is 0 Å².